The Morgan fingerprint density at radius 2 is 2.00 bits per heavy atom. The van der Waals surface area contributed by atoms with Gasteiger partial charge in [0.15, 0.2) is 0 Å². The molecule has 0 aliphatic rings. The van der Waals surface area contributed by atoms with Crippen molar-refractivity contribution in [3.63, 3.8) is 0 Å². The minimum Gasteiger partial charge on any atom is -0.508 e. The number of hydrogen-bond acceptors (Lipinski definition) is 2. The van der Waals surface area contributed by atoms with Gasteiger partial charge in [0.25, 0.3) is 0 Å². The van der Waals surface area contributed by atoms with Crippen LogP contribution in [0.5, 0.6) is 5.75 Å². The smallest absolute Gasteiger partial charge is 0.115 e. The van der Waals surface area contributed by atoms with Crippen LogP contribution in [0.3, 0.4) is 0 Å². The van der Waals surface area contributed by atoms with Crippen LogP contribution < -0.4 is 5.32 Å². The summed E-state index contributed by atoms with van der Waals surface area (Å²) in [5, 5.41) is 12.7. The Kier molecular flexibility index (Phi) is 4.80. The molecule has 76 valence electrons. The normalized spacial score (nSPS) is 11.7. The van der Waals surface area contributed by atoms with Crippen molar-refractivity contribution >= 4 is 23.2 Å². The van der Waals surface area contributed by atoms with E-state index in [0.717, 1.165) is 5.56 Å². The average Bonchev–Trinajstić information content (AvgIpc) is 2.21. The number of nitrogens with one attached hydrogen (secondary N) is 1. The zero-order chi connectivity index (χ0) is 10.4. The molecule has 0 unspecified atom stereocenters. The standard InChI is InChI=1S/C10H11Cl2NO/c11-5-9(12)7-13-6-8-1-3-10(14)4-2-8/h1-5,13-14H,6-7H2/b9-5-. The molecule has 0 aromatic heterocycles. The molecule has 1 aromatic rings. The van der Waals surface area contributed by atoms with Crippen molar-refractivity contribution in [1.82, 2.24) is 5.32 Å². The van der Waals surface area contributed by atoms with Crippen LogP contribution in [0.15, 0.2) is 34.8 Å². The van der Waals surface area contributed by atoms with Gasteiger partial charge in [0.2, 0.25) is 0 Å². The van der Waals surface area contributed by atoms with Gasteiger partial charge in [-0.05, 0) is 17.7 Å². The maximum atomic E-state index is 9.04. The van der Waals surface area contributed by atoms with Crippen molar-refractivity contribution in [2.75, 3.05) is 6.54 Å². The van der Waals surface area contributed by atoms with Gasteiger partial charge in [-0.15, -0.1) is 0 Å². The summed E-state index contributed by atoms with van der Waals surface area (Å²) in [6.07, 6.45) is 0. The molecule has 1 rings (SSSR count). The van der Waals surface area contributed by atoms with Crippen LogP contribution >= 0.6 is 23.2 Å². The quantitative estimate of drug-likeness (QED) is 0.836. The van der Waals surface area contributed by atoms with Gasteiger partial charge in [-0.3, -0.25) is 0 Å². The third-order valence-electron chi connectivity index (χ3n) is 1.68. The van der Waals surface area contributed by atoms with E-state index in [1.807, 2.05) is 12.1 Å². The minimum absolute atomic E-state index is 0.271. The molecule has 0 heterocycles. The first-order chi connectivity index (χ1) is 6.72. The summed E-state index contributed by atoms with van der Waals surface area (Å²) < 4.78 is 0. The molecule has 0 aliphatic carbocycles. The van der Waals surface area contributed by atoms with Gasteiger partial charge in [-0.1, -0.05) is 35.3 Å². The summed E-state index contributed by atoms with van der Waals surface area (Å²) in [4.78, 5) is 0. The fourth-order valence-electron chi connectivity index (χ4n) is 0.979. The molecule has 14 heavy (non-hydrogen) atoms. The molecule has 2 nitrogen and oxygen atoms in total. The van der Waals surface area contributed by atoms with E-state index in [4.69, 9.17) is 28.3 Å². The molecule has 4 heteroatoms. The first kappa shape index (κ1) is 11.4. The second kappa shape index (κ2) is 5.91. The summed E-state index contributed by atoms with van der Waals surface area (Å²) in [7, 11) is 0. The Morgan fingerprint density at radius 3 is 2.57 bits per heavy atom. The third-order valence-corrected chi connectivity index (χ3v) is 2.30. The van der Waals surface area contributed by atoms with Crippen molar-refractivity contribution in [2.45, 2.75) is 6.54 Å². The Balaban J connectivity index is 2.35. The number of benzene rings is 1. The molecule has 0 fully saturated rings. The van der Waals surface area contributed by atoms with Crippen LogP contribution in [0.4, 0.5) is 0 Å². The average molecular weight is 232 g/mol. The van der Waals surface area contributed by atoms with E-state index >= 15 is 0 Å². The Hall–Kier alpha value is -0.700. The zero-order valence-electron chi connectivity index (χ0n) is 7.50. The van der Waals surface area contributed by atoms with E-state index in [-0.39, 0.29) is 5.75 Å². The van der Waals surface area contributed by atoms with Gasteiger partial charge in [0.1, 0.15) is 5.75 Å². The van der Waals surface area contributed by atoms with Crippen molar-refractivity contribution < 1.29 is 5.11 Å². The molecule has 0 spiro atoms. The van der Waals surface area contributed by atoms with Crippen LogP contribution in [0.1, 0.15) is 5.56 Å². The van der Waals surface area contributed by atoms with Crippen LogP contribution in [0.25, 0.3) is 0 Å². The van der Waals surface area contributed by atoms with Gasteiger partial charge in [0.05, 0.1) is 0 Å². The summed E-state index contributed by atoms with van der Waals surface area (Å²) in [5.74, 6) is 0.271. The van der Waals surface area contributed by atoms with E-state index in [9.17, 15) is 0 Å². The zero-order valence-corrected chi connectivity index (χ0v) is 9.02. The summed E-state index contributed by atoms with van der Waals surface area (Å²) in [6.45, 7) is 1.24. The molecule has 1 aromatic carbocycles. The maximum Gasteiger partial charge on any atom is 0.115 e. The highest BCUT2D eigenvalue weighted by Gasteiger charge is 1.94. The minimum atomic E-state index is 0.271. The van der Waals surface area contributed by atoms with E-state index in [1.54, 1.807) is 12.1 Å². The Bertz CT molecular complexity index is 308. The van der Waals surface area contributed by atoms with Crippen molar-refractivity contribution in [3.8, 4) is 5.75 Å². The summed E-state index contributed by atoms with van der Waals surface area (Å²) in [5.41, 5.74) is 2.42. The molecular formula is C10H11Cl2NO. The molecule has 0 bridgehead atoms. The molecule has 0 radical (unpaired) electrons. The van der Waals surface area contributed by atoms with E-state index in [2.05, 4.69) is 5.32 Å². The number of phenolic OH excluding ortho intramolecular Hbond substituents is 1. The van der Waals surface area contributed by atoms with Crippen LogP contribution in [0.2, 0.25) is 0 Å². The van der Waals surface area contributed by atoms with Gasteiger partial charge in [-0.25, -0.2) is 0 Å². The molecule has 0 amide bonds. The molecule has 0 saturated heterocycles. The van der Waals surface area contributed by atoms with Crippen molar-refractivity contribution in [1.29, 1.82) is 0 Å². The van der Waals surface area contributed by atoms with Crippen LogP contribution in [0, 0.1) is 0 Å². The van der Waals surface area contributed by atoms with Gasteiger partial charge in [0, 0.05) is 23.7 Å². The SMILES string of the molecule is Oc1ccc(CNC/C(Cl)=C/Cl)cc1. The lowest BCUT2D eigenvalue weighted by atomic mass is 10.2. The lowest BCUT2D eigenvalue weighted by molar-refractivity contribution is 0.475. The van der Waals surface area contributed by atoms with E-state index in [0.29, 0.717) is 18.1 Å². The van der Waals surface area contributed by atoms with Crippen LogP contribution in [-0.2, 0) is 6.54 Å². The van der Waals surface area contributed by atoms with E-state index < -0.39 is 0 Å². The number of hydrogen-bond donors (Lipinski definition) is 2. The number of rotatable bonds is 4. The first-order valence-corrected chi connectivity index (χ1v) is 4.97. The predicted molar refractivity (Wildman–Crippen MR) is 59.6 cm³/mol. The first-order valence-electron chi connectivity index (χ1n) is 4.16. The second-order valence-electron chi connectivity index (χ2n) is 2.83. The summed E-state index contributed by atoms with van der Waals surface area (Å²) >= 11 is 11.1. The Labute approximate surface area is 93.2 Å². The highest BCUT2D eigenvalue weighted by Crippen LogP contribution is 2.09. The van der Waals surface area contributed by atoms with Crippen LogP contribution in [-0.4, -0.2) is 11.7 Å². The van der Waals surface area contributed by atoms with E-state index in [1.165, 1.54) is 5.54 Å². The monoisotopic (exact) mass is 231 g/mol. The largest absolute Gasteiger partial charge is 0.508 e. The van der Waals surface area contributed by atoms with Crippen molar-refractivity contribution in [3.05, 3.63) is 40.4 Å². The number of aromatic hydroxyl groups is 1. The number of halogens is 2. The lowest BCUT2D eigenvalue weighted by Gasteiger charge is -2.03. The molecular weight excluding hydrogens is 221 g/mol. The highest BCUT2D eigenvalue weighted by molar-refractivity contribution is 6.36. The maximum absolute atomic E-state index is 9.04. The van der Waals surface area contributed by atoms with Crippen molar-refractivity contribution in [2.24, 2.45) is 0 Å². The van der Waals surface area contributed by atoms with Gasteiger partial charge in [-0.2, -0.15) is 0 Å². The topological polar surface area (TPSA) is 32.3 Å². The summed E-state index contributed by atoms with van der Waals surface area (Å²) in [6, 6.07) is 6.99. The van der Waals surface area contributed by atoms with Gasteiger partial charge >= 0.3 is 0 Å². The molecule has 0 saturated carbocycles. The third kappa shape index (κ3) is 4.01. The Morgan fingerprint density at radius 1 is 1.36 bits per heavy atom. The predicted octanol–water partition coefficient (Wildman–Crippen LogP) is 2.80. The van der Waals surface area contributed by atoms with Gasteiger partial charge < -0.3 is 10.4 Å². The molecule has 0 aliphatic heterocycles. The second-order valence-corrected chi connectivity index (χ2v) is 3.53. The fourth-order valence-corrected chi connectivity index (χ4v) is 1.15. The lowest BCUT2D eigenvalue weighted by Crippen LogP contribution is -2.14. The molecule has 0 atom stereocenters. The number of phenols is 1. The highest BCUT2D eigenvalue weighted by atomic mass is 35.5. The molecule has 2 N–H and O–H groups in total. The fraction of sp³-hybridized carbons (Fsp3) is 0.200.